The summed E-state index contributed by atoms with van der Waals surface area (Å²) in [7, 11) is 0. The fourth-order valence-electron chi connectivity index (χ4n) is 2.36. The van der Waals surface area contributed by atoms with Crippen LogP contribution in [0.25, 0.3) is 0 Å². The molecule has 0 spiro atoms. The van der Waals surface area contributed by atoms with Gasteiger partial charge in [0.05, 0.1) is 25.2 Å². The van der Waals surface area contributed by atoms with E-state index in [1.165, 1.54) is 0 Å². The molecule has 0 aromatic rings. The van der Waals surface area contributed by atoms with Gasteiger partial charge >= 0.3 is 5.97 Å². The molecule has 0 amide bonds. The molecule has 0 saturated carbocycles. The number of hydrogen-bond acceptors (Lipinski definition) is 4. The van der Waals surface area contributed by atoms with Gasteiger partial charge in [-0.3, -0.25) is 9.59 Å². The van der Waals surface area contributed by atoms with E-state index in [2.05, 4.69) is 0 Å². The van der Waals surface area contributed by atoms with E-state index < -0.39 is 0 Å². The van der Waals surface area contributed by atoms with Crippen LogP contribution in [0.3, 0.4) is 0 Å². The van der Waals surface area contributed by atoms with Crippen molar-refractivity contribution in [1.82, 2.24) is 0 Å². The van der Waals surface area contributed by atoms with Gasteiger partial charge in [0, 0.05) is 6.42 Å². The lowest BCUT2D eigenvalue weighted by Gasteiger charge is -2.26. The van der Waals surface area contributed by atoms with E-state index in [0.717, 1.165) is 32.1 Å². The predicted molar refractivity (Wildman–Crippen MR) is 68.3 cm³/mol. The van der Waals surface area contributed by atoms with Crippen molar-refractivity contribution in [2.24, 2.45) is 0 Å². The van der Waals surface area contributed by atoms with Crippen LogP contribution in [0.15, 0.2) is 0 Å². The average Bonchev–Trinajstić information content (AvgIpc) is 2.24. The Morgan fingerprint density at radius 1 is 1.11 bits per heavy atom. The summed E-state index contributed by atoms with van der Waals surface area (Å²) in [6.45, 7) is 3.79. The van der Waals surface area contributed by atoms with Crippen LogP contribution >= 0.6 is 0 Å². The van der Waals surface area contributed by atoms with E-state index in [1.54, 1.807) is 13.8 Å². The van der Waals surface area contributed by atoms with E-state index in [9.17, 15) is 9.59 Å². The first kappa shape index (κ1) is 15.2. The number of Topliss-reactive ketones (excluding diaryl/α,β-unsaturated/α-hetero) is 1. The predicted octanol–water partition coefficient (Wildman–Crippen LogP) is 2.64. The fourth-order valence-corrected chi connectivity index (χ4v) is 2.36. The van der Waals surface area contributed by atoms with Crippen molar-refractivity contribution in [3.05, 3.63) is 0 Å². The van der Waals surface area contributed by atoms with Gasteiger partial charge in [0.1, 0.15) is 5.78 Å². The van der Waals surface area contributed by atoms with Crippen molar-refractivity contribution >= 4 is 11.8 Å². The minimum atomic E-state index is -0.204. The minimum Gasteiger partial charge on any atom is -0.466 e. The fraction of sp³-hybridized carbons (Fsp3) is 0.857. The Labute approximate surface area is 109 Å². The van der Waals surface area contributed by atoms with Crippen molar-refractivity contribution in [3.8, 4) is 0 Å². The van der Waals surface area contributed by atoms with Gasteiger partial charge in [-0.2, -0.15) is 0 Å². The Morgan fingerprint density at radius 2 is 1.72 bits per heavy atom. The quantitative estimate of drug-likeness (QED) is 0.710. The molecule has 18 heavy (non-hydrogen) atoms. The maximum Gasteiger partial charge on any atom is 0.308 e. The largest absolute Gasteiger partial charge is 0.466 e. The van der Waals surface area contributed by atoms with Crippen LogP contribution in [0.1, 0.15) is 58.8 Å². The Balaban J connectivity index is 2.47. The monoisotopic (exact) mass is 256 g/mol. The van der Waals surface area contributed by atoms with Crippen LogP contribution < -0.4 is 0 Å². The van der Waals surface area contributed by atoms with Gasteiger partial charge < -0.3 is 9.47 Å². The highest BCUT2D eigenvalue weighted by molar-refractivity contribution is 5.76. The van der Waals surface area contributed by atoms with Crippen molar-refractivity contribution in [1.29, 1.82) is 0 Å². The van der Waals surface area contributed by atoms with E-state index >= 15 is 0 Å². The zero-order valence-electron chi connectivity index (χ0n) is 11.4. The van der Waals surface area contributed by atoms with Crippen LogP contribution in [-0.2, 0) is 19.1 Å². The standard InChI is InChI=1S/C14H24O4/c1-3-17-14(16)10-13-8-6-4-5-7-12(18-13)9-11(2)15/h12-13H,3-10H2,1-2H3. The molecule has 4 heteroatoms. The highest BCUT2D eigenvalue weighted by Gasteiger charge is 2.22. The summed E-state index contributed by atoms with van der Waals surface area (Å²) < 4.78 is 10.8. The molecule has 1 saturated heterocycles. The highest BCUT2D eigenvalue weighted by atomic mass is 16.5. The molecule has 0 aliphatic carbocycles. The van der Waals surface area contributed by atoms with Crippen LogP contribution in [0.5, 0.6) is 0 Å². The van der Waals surface area contributed by atoms with E-state index in [4.69, 9.17) is 9.47 Å². The number of ketones is 1. The van der Waals surface area contributed by atoms with Gasteiger partial charge in [-0.25, -0.2) is 0 Å². The molecule has 1 rings (SSSR count). The smallest absolute Gasteiger partial charge is 0.308 e. The third-order valence-corrected chi connectivity index (χ3v) is 3.15. The molecule has 4 nitrogen and oxygen atoms in total. The van der Waals surface area contributed by atoms with Gasteiger partial charge in [0.15, 0.2) is 0 Å². The second kappa shape index (κ2) is 8.25. The highest BCUT2D eigenvalue weighted by Crippen LogP contribution is 2.22. The van der Waals surface area contributed by atoms with Gasteiger partial charge in [0.2, 0.25) is 0 Å². The van der Waals surface area contributed by atoms with Gasteiger partial charge in [0.25, 0.3) is 0 Å². The summed E-state index contributed by atoms with van der Waals surface area (Å²) in [5.74, 6) is -0.0555. The zero-order valence-corrected chi connectivity index (χ0v) is 11.4. The lowest BCUT2D eigenvalue weighted by molar-refractivity contribution is -0.148. The molecule has 2 unspecified atom stereocenters. The van der Waals surface area contributed by atoms with Crippen molar-refractivity contribution in [3.63, 3.8) is 0 Å². The molecule has 1 aliphatic rings. The number of carbonyl (C=O) groups is 2. The van der Waals surface area contributed by atoms with Crippen molar-refractivity contribution in [2.75, 3.05) is 6.61 Å². The Kier molecular flexibility index (Phi) is 6.94. The average molecular weight is 256 g/mol. The minimum absolute atomic E-state index is 0.0257. The Hall–Kier alpha value is -0.900. The molecule has 2 atom stereocenters. The molecule has 1 heterocycles. The first-order valence-corrected chi connectivity index (χ1v) is 6.92. The van der Waals surface area contributed by atoms with Crippen LogP contribution in [0.4, 0.5) is 0 Å². The van der Waals surface area contributed by atoms with Gasteiger partial charge in [-0.05, 0) is 26.7 Å². The summed E-state index contributed by atoms with van der Waals surface area (Å²) in [5.41, 5.74) is 0. The molecule has 0 N–H and O–H groups in total. The third kappa shape index (κ3) is 6.15. The summed E-state index contributed by atoms with van der Waals surface area (Å²) >= 11 is 0. The first-order valence-electron chi connectivity index (χ1n) is 6.92. The zero-order chi connectivity index (χ0) is 13.4. The molecule has 0 aromatic carbocycles. The maximum atomic E-state index is 11.5. The number of carbonyl (C=O) groups excluding carboxylic acids is 2. The number of ether oxygens (including phenoxy) is 2. The second-order valence-electron chi connectivity index (χ2n) is 4.93. The molecule has 1 aliphatic heterocycles. The molecule has 0 radical (unpaired) electrons. The lowest BCUT2D eigenvalue weighted by Crippen LogP contribution is -2.28. The molecule has 0 aromatic heterocycles. The van der Waals surface area contributed by atoms with E-state index in [0.29, 0.717) is 19.4 Å². The summed E-state index contributed by atoms with van der Waals surface area (Å²) in [6.07, 6.45) is 5.78. The van der Waals surface area contributed by atoms with Crippen molar-refractivity contribution in [2.45, 2.75) is 71.0 Å². The summed E-state index contributed by atoms with van der Waals surface area (Å²) in [5, 5.41) is 0. The van der Waals surface area contributed by atoms with Crippen LogP contribution in [-0.4, -0.2) is 30.6 Å². The van der Waals surface area contributed by atoms with Crippen LogP contribution in [0.2, 0.25) is 0 Å². The molecular formula is C14H24O4. The normalized spacial score (nSPS) is 25.0. The topological polar surface area (TPSA) is 52.6 Å². The number of rotatable bonds is 5. The lowest BCUT2D eigenvalue weighted by atomic mass is 9.99. The SMILES string of the molecule is CCOC(=O)CC1CCCCCC(CC(C)=O)O1. The first-order chi connectivity index (χ1) is 8.61. The van der Waals surface area contributed by atoms with E-state index in [-0.39, 0.29) is 24.0 Å². The number of esters is 1. The van der Waals surface area contributed by atoms with E-state index in [1.807, 2.05) is 0 Å². The van der Waals surface area contributed by atoms with Gasteiger partial charge in [-0.15, -0.1) is 0 Å². The molecular weight excluding hydrogens is 232 g/mol. The molecule has 104 valence electrons. The Bertz CT molecular complexity index is 275. The summed E-state index contributed by atoms with van der Waals surface area (Å²) in [4.78, 5) is 22.6. The van der Waals surface area contributed by atoms with Crippen LogP contribution in [0, 0.1) is 0 Å². The number of hydrogen-bond donors (Lipinski definition) is 0. The third-order valence-electron chi connectivity index (χ3n) is 3.15. The summed E-state index contributed by atoms with van der Waals surface area (Å²) in [6, 6.07) is 0. The second-order valence-corrected chi connectivity index (χ2v) is 4.93. The molecule has 0 bridgehead atoms. The molecule has 1 fully saturated rings. The maximum absolute atomic E-state index is 11.5. The Morgan fingerprint density at radius 3 is 2.28 bits per heavy atom. The van der Waals surface area contributed by atoms with Gasteiger partial charge in [-0.1, -0.05) is 19.3 Å². The van der Waals surface area contributed by atoms with Crippen molar-refractivity contribution < 1.29 is 19.1 Å².